The number of carbonyl (C=O) groups excluding carboxylic acids is 3. The molecule has 0 aromatic heterocycles. The average Bonchev–Trinajstić information content (AvgIpc) is 3.11. The number of carboxylic acids is 1. The van der Waals surface area contributed by atoms with Crippen molar-refractivity contribution in [2.24, 2.45) is 5.92 Å². The number of nitrogens with zero attached hydrogens (tertiary/aromatic N) is 2. The summed E-state index contributed by atoms with van der Waals surface area (Å²) in [7, 11) is -1.11. The Labute approximate surface area is 202 Å². The minimum atomic E-state index is -1.24. The molecule has 0 radical (unpaired) electrons. The molecule has 0 saturated carbocycles. The molecule has 35 heavy (non-hydrogen) atoms. The zero-order chi connectivity index (χ0) is 25.7. The molecule has 186 valence electrons. The van der Waals surface area contributed by atoms with Gasteiger partial charge in [0.2, 0.25) is 5.91 Å². The second kappa shape index (κ2) is 11.3. The molecular formula is C23H27BFN3O7. The van der Waals surface area contributed by atoms with E-state index < -0.39 is 55.3 Å². The lowest BCUT2D eigenvalue weighted by Gasteiger charge is -2.42. The summed E-state index contributed by atoms with van der Waals surface area (Å²) < 4.78 is 24.9. The number of rotatable bonds is 11. The molecule has 3 rings (SSSR count). The quantitative estimate of drug-likeness (QED) is 0.360. The van der Waals surface area contributed by atoms with Crippen LogP contribution in [0.3, 0.4) is 0 Å². The molecule has 0 aliphatic carbocycles. The van der Waals surface area contributed by atoms with Gasteiger partial charge in [-0.05, 0) is 30.9 Å². The number of aliphatic carboxylic acids is 1. The lowest BCUT2D eigenvalue weighted by atomic mass is 9.74. The van der Waals surface area contributed by atoms with Gasteiger partial charge in [-0.1, -0.05) is 19.9 Å². The number of carbonyl (C=O) groups is 4. The SMILES string of the molecule is [C-]#[N+]c1ccc(N2CC[C@H]2C(=O)CCC(=O)N[C@@H](CC(C)C)B2OC(=O)[C@H](CC(=O)O)O2)c(F)c1. The van der Waals surface area contributed by atoms with Gasteiger partial charge in [0.25, 0.3) is 0 Å². The van der Waals surface area contributed by atoms with Crippen LogP contribution in [0, 0.1) is 18.3 Å². The zero-order valence-electron chi connectivity index (χ0n) is 19.5. The molecule has 1 aromatic carbocycles. The number of benzene rings is 1. The molecule has 2 heterocycles. The summed E-state index contributed by atoms with van der Waals surface area (Å²) in [5, 5.41) is 11.6. The number of amides is 1. The van der Waals surface area contributed by atoms with Gasteiger partial charge in [0.15, 0.2) is 17.6 Å². The molecule has 2 aliphatic rings. The third-order valence-electron chi connectivity index (χ3n) is 5.91. The van der Waals surface area contributed by atoms with Crippen LogP contribution in [0.1, 0.15) is 46.0 Å². The summed E-state index contributed by atoms with van der Waals surface area (Å²) >= 11 is 0. The van der Waals surface area contributed by atoms with Crippen molar-refractivity contribution in [1.29, 1.82) is 0 Å². The lowest BCUT2D eigenvalue weighted by Crippen LogP contribution is -2.53. The third kappa shape index (κ3) is 6.57. The van der Waals surface area contributed by atoms with Crippen molar-refractivity contribution in [2.45, 2.75) is 64.0 Å². The summed E-state index contributed by atoms with van der Waals surface area (Å²) in [5.41, 5.74) is 0.424. The topological polar surface area (TPSA) is 127 Å². The van der Waals surface area contributed by atoms with Crippen molar-refractivity contribution in [3.8, 4) is 0 Å². The smallest absolute Gasteiger partial charge is 0.506 e. The van der Waals surface area contributed by atoms with Crippen LogP contribution in [0.5, 0.6) is 0 Å². The number of ketones is 1. The van der Waals surface area contributed by atoms with Crippen LogP contribution < -0.4 is 10.2 Å². The van der Waals surface area contributed by atoms with Gasteiger partial charge in [-0.3, -0.25) is 19.2 Å². The maximum atomic E-state index is 14.3. The van der Waals surface area contributed by atoms with Gasteiger partial charge >= 0.3 is 19.1 Å². The summed E-state index contributed by atoms with van der Waals surface area (Å²) in [6.07, 6.45) is -0.998. The Hall–Kier alpha value is -3.46. The lowest BCUT2D eigenvalue weighted by molar-refractivity contribution is -0.145. The highest BCUT2D eigenvalue weighted by molar-refractivity contribution is 6.51. The highest BCUT2D eigenvalue weighted by Crippen LogP contribution is 2.32. The van der Waals surface area contributed by atoms with Crippen LogP contribution in [-0.4, -0.2) is 60.5 Å². The van der Waals surface area contributed by atoms with Gasteiger partial charge in [0.05, 0.1) is 30.7 Å². The van der Waals surface area contributed by atoms with Crippen molar-refractivity contribution in [2.75, 3.05) is 11.4 Å². The molecule has 12 heteroatoms. The van der Waals surface area contributed by atoms with Crippen molar-refractivity contribution < 1.29 is 38.0 Å². The first-order chi connectivity index (χ1) is 16.6. The Morgan fingerprint density at radius 2 is 2.09 bits per heavy atom. The molecule has 1 amide bonds. The molecule has 2 aliphatic heterocycles. The van der Waals surface area contributed by atoms with E-state index in [2.05, 4.69) is 10.2 Å². The van der Waals surface area contributed by atoms with E-state index in [1.54, 1.807) is 4.90 Å². The largest absolute Gasteiger partial charge is 0.552 e. The Balaban J connectivity index is 1.55. The maximum Gasteiger partial charge on any atom is 0.552 e. The molecule has 1 aromatic rings. The Morgan fingerprint density at radius 3 is 2.66 bits per heavy atom. The second-order valence-electron chi connectivity index (χ2n) is 9.04. The van der Waals surface area contributed by atoms with E-state index >= 15 is 0 Å². The monoisotopic (exact) mass is 487 g/mol. The predicted molar refractivity (Wildman–Crippen MR) is 123 cm³/mol. The minimum Gasteiger partial charge on any atom is -0.506 e. The summed E-state index contributed by atoms with van der Waals surface area (Å²) in [4.78, 5) is 52.9. The third-order valence-corrected chi connectivity index (χ3v) is 5.91. The molecule has 2 saturated heterocycles. The van der Waals surface area contributed by atoms with Gasteiger partial charge < -0.3 is 24.6 Å². The second-order valence-corrected chi connectivity index (χ2v) is 9.04. The van der Waals surface area contributed by atoms with Gasteiger partial charge in [-0.15, -0.1) is 0 Å². The Bertz CT molecular complexity index is 1040. The summed E-state index contributed by atoms with van der Waals surface area (Å²) in [6, 6.07) is 3.56. The molecule has 0 unspecified atom stereocenters. The van der Waals surface area contributed by atoms with E-state index in [9.17, 15) is 23.6 Å². The molecule has 0 spiro atoms. The first kappa shape index (κ1) is 26.2. The first-order valence-electron chi connectivity index (χ1n) is 11.4. The van der Waals surface area contributed by atoms with Crippen LogP contribution in [0.4, 0.5) is 15.8 Å². The number of Topliss-reactive ketones (excluding diaryl/α,β-unsaturated/α-hetero) is 1. The fourth-order valence-corrected chi connectivity index (χ4v) is 4.14. The van der Waals surface area contributed by atoms with Crippen LogP contribution in [0.2, 0.25) is 0 Å². The van der Waals surface area contributed by atoms with E-state index in [1.165, 1.54) is 12.1 Å². The highest BCUT2D eigenvalue weighted by Gasteiger charge is 2.46. The van der Waals surface area contributed by atoms with Crippen molar-refractivity contribution in [3.63, 3.8) is 0 Å². The molecular weight excluding hydrogens is 460 g/mol. The van der Waals surface area contributed by atoms with Crippen LogP contribution in [-0.2, 0) is 28.5 Å². The minimum absolute atomic E-state index is 0.0594. The predicted octanol–water partition coefficient (Wildman–Crippen LogP) is 2.28. The number of nitrogens with one attached hydrogen (secondary N) is 1. The number of hydrogen-bond donors (Lipinski definition) is 2. The molecule has 10 nitrogen and oxygen atoms in total. The molecule has 2 fully saturated rings. The van der Waals surface area contributed by atoms with E-state index in [-0.39, 0.29) is 35.9 Å². The van der Waals surface area contributed by atoms with Gasteiger partial charge in [-0.25, -0.2) is 9.24 Å². The van der Waals surface area contributed by atoms with Crippen LogP contribution >= 0.6 is 0 Å². The number of halogens is 1. The van der Waals surface area contributed by atoms with E-state index in [0.717, 1.165) is 6.07 Å². The molecule has 0 bridgehead atoms. The fraction of sp³-hybridized carbons (Fsp3) is 0.522. The zero-order valence-corrected chi connectivity index (χ0v) is 19.5. The maximum absolute atomic E-state index is 14.3. The molecule has 2 N–H and O–H groups in total. The standard InChI is InChI=1S/C23H27BFN3O7/c1-13(2)10-20(24-34-19(12-22(31)32)23(33)35-24)27-21(30)7-6-18(29)17-8-9-28(17)16-5-4-14(26-3)11-15(16)25/h4-5,11,13,17,19-20H,6-10,12H2,1-2H3,(H,27,30)(H,31,32)/t17-,19-,20-/m0/s1. The fourth-order valence-electron chi connectivity index (χ4n) is 4.14. The van der Waals surface area contributed by atoms with Crippen molar-refractivity contribution in [1.82, 2.24) is 5.32 Å². The van der Waals surface area contributed by atoms with Crippen molar-refractivity contribution >= 4 is 42.1 Å². The van der Waals surface area contributed by atoms with Crippen molar-refractivity contribution in [3.05, 3.63) is 35.4 Å². The number of anilines is 1. The highest BCUT2D eigenvalue weighted by atomic mass is 19.1. The molecule has 3 atom stereocenters. The average molecular weight is 487 g/mol. The van der Waals surface area contributed by atoms with Crippen LogP contribution in [0.15, 0.2) is 18.2 Å². The van der Waals surface area contributed by atoms with E-state index in [0.29, 0.717) is 19.4 Å². The van der Waals surface area contributed by atoms with Crippen LogP contribution in [0.25, 0.3) is 4.85 Å². The Kier molecular flexibility index (Phi) is 8.45. The summed E-state index contributed by atoms with van der Waals surface area (Å²) in [5.74, 6) is -3.81. The van der Waals surface area contributed by atoms with Gasteiger partial charge in [0, 0.05) is 19.4 Å². The number of hydrogen-bond acceptors (Lipinski definition) is 7. The Morgan fingerprint density at radius 1 is 1.34 bits per heavy atom. The van der Waals surface area contributed by atoms with Gasteiger partial charge in [0.1, 0.15) is 5.82 Å². The number of carboxylic acid groups (broad SMARTS) is 1. The van der Waals surface area contributed by atoms with E-state index in [4.69, 9.17) is 21.0 Å². The van der Waals surface area contributed by atoms with Gasteiger partial charge in [-0.2, -0.15) is 0 Å². The first-order valence-corrected chi connectivity index (χ1v) is 11.4. The van der Waals surface area contributed by atoms with E-state index in [1.807, 2.05) is 13.8 Å². The summed E-state index contributed by atoms with van der Waals surface area (Å²) in [6.45, 7) is 11.3. The normalized spacial score (nSPS) is 20.1.